The van der Waals surface area contributed by atoms with Crippen LogP contribution in [0.4, 0.5) is 5.69 Å². The Morgan fingerprint density at radius 2 is 1.76 bits per heavy atom. The Kier molecular flexibility index (Phi) is 4.26. The first-order valence-electron chi connectivity index (χ1n) is 4.74. The molecule has 0 radical (unpaired) electrons. The molecule has 17 heavy (non-hydrogen) atoms. The third kappa shape index (κ3) is 3.32. The average molecular weight is 349 g/mol. The number of hydrogen-bond donors (Lipinski definition) is 1. The zero-order valence-electron chi connectivity index (χ0n) is 8.58. The van der Waals surface area contributed by atoms with Gasteiger partial charge < -0.3 is 5.73 Å². The number of benzene rings is 2. The van der Waals surface area contributed by atoms with Gasteiger partial charge in [-0.25, -0.2) is 0 Å². The van der Waals surface area contributed by atoms with E-state index in [1.54, 1.807) is 12.1 Å². The van der Waals surface area contributed by atoms with Crippen LogP contribution in [0.3, 0.4) is 0 Å². The van der Waals surface area contributed by atoms with Crippen molar-refractivity contribution in [3.8, 4) is 0 Å². The van der Waals surface area contributed by atoms with Crippen molar-refractivity contribution in [1.82, 2.24) is 0 Å². The summed E-state index contributed by atoms with van der Waals surface area (Å²) in [5.41, 5.74) is 6.64. The SMILES string of the molecule is Nc1cc(Br)ccc1Sc1cc(Cl)ccc1Cl. The zero-order valence-corrected chi connectivity index (χ0v) is 12.5. The molecular weight excluding hydrogens is 341 g/mol. The highest BCUT2D eigenvalue weighted by molar-refractivity contribution is 9.10. The summed E-state index contributed by atoms with van der Waals surface area (Å²) in [7, 11) is 0. The lowest BCUT2D eigenvalue weighted by molar-refractivity contribution is 1.40. The van der Waals surface area contributed by atoms with Gasteiger partial charge in [-0.1, -0.05) is 50.9 Å². The molecule has 0 atom stereocenters. The first-order chi connectivity index (χ1) is 8.06. The molecule has 0 aliphatic rings. The fraction of sp³-hybridized carbons (Fsp3) is 0. The molecule has 5 heteroatoms. The zero-order chi connectivity index (χ0) is 12.4. The number of anilines is 1. The van der Waals surface area contributed by atoms with Crippen LogP contribution >= 0.6 is 50.9 Å². The molecule has 0 aliphatic heterocycles. The second-order valence-corrected chi connectivity index (χ2v) is 6.20. The fourth-order valence-corrected chi connectivity index (χ4v) is 3.04. The Morgan fingerprint density at radius 3 is 2.47 bits per heavy atom. The molecule has 1 nitrogen and oxygen atoms in total. The summed E-state index contributed by atoms with van der Waals surface area (Å²) < 4.78 is 0.955. The van der Waals surface area contributed by atoms with Crippen molar-refractivity contribution in [1.29, 1.82) is 0 Å². The van der Waals surface area contributed by atoms with Crippen molar-refractivity contribution in [2.24, 2.45) is 0 Å². The van der Waals surface area contributed by atoms with Crippen molar-refractivity contribution >= 4 is 56.6 Å². The van der Waals surface area contributed by atoms with Crippen molar-refractivity contribution < 1.29 is 0 Å². The summed E-state index contributed by atoms with van der Waals surface area (Å²) in [5, 5.41) is 1.33. The summed E-state index contributed by atoms with van der Waals surface area (Å²) >= 11 is 16.9. The Balaban J connectivity index is 2.34. The minimum atomic E-state index is 0.660. The van der Waals surface area contributed by atoms with Gasteiger partial charge in [-0.15, -0.1) is 0 Å². The van der Waals surface area contributed by atoms with Crippen LogP contribution < -0.4 is 5.73 Å². The van der Waals surface area contributed by atoms with E-state index >= 15 is 0 Å². The smallest absolute Gasteiger partial charge is 0.0546 e. The number of nitrogen functional groups attached to an aromatic ring is 1. The van der Waals surface area contributed by atoms with Gasteiger partial charge in [0.05, 0.1) is 5.02 Å². The highest BCUT2D eigenvalue weighted by atomic mass is 79.9. The highest BCUT2D eigenvalue weighted by Gasteiger charge is 2.06. The molecule has 0 aliphatic carbocycles. The van der Waals surface area contributed by atoms with Crippen LogP contribution in [0.15, 0.2) is 50.7 Å². The molecule has 2 aromatic carbocycles. The standard InChI is InChI=1S/C12H8BrCl2NS/c13-7-1-4-11(10(16)5-7)17-12-6-8(14)2-3-9(12)15/h1-6H,16H2. The first kappa shape index (κ1) is 13.1. The maximum absolute atomic E-state index is 6.10. The number of rotatable bonds is 2. The fourth-order valence-electron chi connectivity index (χ4n) is 1.29. The Hall–Kier alpha value is -0.350. The van der Waals surface area contributed by atoms with Gasteiger partial charge in [-0.05, 0) is 36.4 Å². The van der Waals surface area contributed by atoms with Crippen LogP contribution in [0.25, 0.3) is 0 Å². The Bertz CT molecular complexity index is 560. The van der Waals surface area contributed by atoms with E-state index in [0.29, 0.717) is 15.7 Å². The highest BCUT2D eigenvalue weighted by Crippen LogP contribution is 2.38. The lowest BCUT2D eigenvalue weighted by Crippen LogP contribution is -1.88. The molecule has 88 valence electrons. The lowest BCUT2D eigenvalue weighted by atomic mass is 10.3. The molecule has 0 amide bonds. The normalized spacial score (nSPS) is 10.5. The quantitative estimate of drug-likeness (QED) is 0.726. The summed E-state index contributed by atoms with van der Waals surface area (Å²) in [6.07, 6.45) is 0. The number of hydrogen-bond acceptors (Lipinski definition) is 2. The van der Waals surface area contributed by atoms with Gasteiger partial charge in [0.25, 0.3) is 0 Å². The number of nitrogens with two attached hydrogens (primary N) is 1. The summed E-state index contributed by atoms with van der Waals surface area (Å²) in [4.78, 5) is 1.85. The summed E-state index contributed by atoms with van der Waals surface area (Å²) in [6, 6.07) is 11.1. The van der Waals surface area contributed by atoms with Crippen LogP contribution in [-0.4, -0.2) is 0 Å². The van der Waals surface area contributed by atoms with Gasteiger partial charge in [0.1, 0.15) is 0 Å². The molecule has 0 fully saturated rings. The van der Waals surface area contributed by atoms with Gasteiger partial charge in [-0.3, -0.25) is 0 Å². The van der Waals surface area contributed by atoms with E-state index in [9.17, 15) is 0 Å². The second kappa shape index (κ2) is 5.53. The van der Waals surface area contributed by atoms with Crippen molar-refractivity contribution in [3.05, 3.63) is 50.9 Å². The minimum Gasteiger partial charge on any atom is -0.398 e. The van der Waals surface area contributed by atoms with E-state index in [0.717, 1.165) is 14.3 Å². The maximum atomic E-state index is 6.10. The Labute approximate surface area is 122 Å². The minimum absolute atomic E-state index is 0.660. The van der Waals surface area contributed by atoms with Gasteiger partial charge in [0.2, 0.25) is 0 Å². The molecule has 2 N–H and O–H groups in total. The summed E-state index contributed by atoms with van der Waals surface area (Å²) in [5.74, 6) is 0. The molecule has 2 rings (SSSR count). The van der Waals surface area contributed by atoms with Crippen LogP contribution in [0.5, 0.6) is 0 Å². The first-order valence-corrected chi connectivity index (χ1v) is 7.11. The van der Waals surface area contributed by atoms with Crippen LogP contribution in [0, 0.1) is 0 Å². The topological polar surface area (TPSA) is 26.0 Å². The Morgan fingerprint density at radius 1 is 1.00 bits per heavy atom. The van der Waals surface area contributed by atoms with E-state index in [1.807, 2.05) is 24.3 Å². The molecule has 0 spiro atoms. The summed E-state index contributed by atoms with van der Waals surface area (Å²) in [6.45, 7) is 0. The van der Waals surface area contributed by atoms with Crippen LogP contribution in [-0.2, 0) is 0 Å². The van der Waals surface area contributed by atoms with E-state index in [2.05, 4.69) is 15.9 Å². The number of halogens is 3. The van der Waals surface area contributed by atoms with Crippen LogP contribution in [0.1, 0.15) is 0 Å². The van der Waals surface area contributed by atoms with Crippen molar-refractivity contribution in [2.45, 2.75) is 9.79 Å². The van der Waals surface area contributed by atoms with E-state index in [1.165, 1.54) is 11.8 Å². The monoisotopic (exact) mass is 347 g/mol. The molecule has 0 saturated heterocycles. The molecule has 0 bridgehead atoms. The van der Waals surface area contributed by atoms with E-state index in [4.69, 9.17) is 28.9 Å². The third-order valence-corrected chi connectivity index (χ3v) is 4.40. The molecule has 2 aromatic rings. The van der Waals surface area contributed by atoms with Gasteiger partial charge >= 0.3 is 0 Å². The molecule has 0 unspecified atom stereocenters. The average Bonchev–Trinajstić information content (AvgIpc) is 2.27. The molecule has 0 heterocycles. The van der Waals surface area contributed by atoms with E-state index < -0.39 is 0 Å². The largest absolute Gasteiger partial charge is 0.398 e. The third-order valence-electron chi connectivity index (χ3n) is 2.08. The van der Waals surface area contributed by atoms with Gasteiger partial charge in [-0.2, -0.15) is 0 Å². The lowest BCUT2D eigenvalue weighted by Gasteiger charge is -2.07. The van der Waals surface area contributed by atoms with Crippen molar-refractivity contribution in [2.75, 3.05) is 5.73 Å². The second-order valence-electron chi connectivity index (χ2n) is 3.36. The molecular formula is C12H8BrCl2NS. The van der Waals surface area contributed by atoms with Crippen LogP contribution in [0.2, 0.25) is 10.0 Å². The molecule has 0 aromatic heterocycles. The maximum Gasteiger partial charge on any atom is 0.0546 e. The van der Waals surface area contributed by atoms with E-state index in [-0.39, 0.29) is 0 Å². The van der Waals surface area contributed by atoms with Gasteiger partial charge in [0.15, 0.2) is 0 Å². The molecule has 0 saturated carbocycles. The predicted octanol–water partition coefficient (Wildman–Crippen LogP) is 5.49. The predicted molar refractivity (Wildman–Crippen MR) is 79.1 cm³/mol. The van der Waals surface area contributed by atoms with Gasteiger partial charge in [0, 0.05) is 25.0 Å². The van der Waals surface area contributed by atoms with Crippen molar-refractivity contribution in [3.63, 3.8) is 0 Å².